The van der Waals surface area contributed by atoms with Crippen molar-refractivity contribution in [2.45, 2.75) is 12.5 Å². The molecule has 8 heteroatoms. The van der Waals surface area contributed by atoms with E-state index in [4.69, 9.17) is 5.73 Å². The third-order valence-electron chi connectivity index (χ3n) is 1.95. The van der Waals surface area contributed by atoms with Crippen molar-refractivity contribution in [1.82, 2.24) is 10.0 Å². The highest BCUT2D eigenvalue weighted by Crippen LogP contribution is 1.98. The Labute approximate surface area is 101 Å². The third kappa shape index (κ3) is 7.04. The Kier molecular flexibility index (Phi) is 7.73. The molecule has 0 saturated carbocycles. The maximum absolute atomic E-state index is 11.4. The van der Waals surface area contributed by atoms with E-state index in [2.05, 4.69) is 10.0 Å². The number of rotatable bonds is 8. The lowest BCUT2D eigenvalue weighted by atomic mass is 10.2. The van der Waals surface area contributed by atoms with Crippen molar-refractivity contribution in [2.24, 2.45) is 5.73 Å². The predicted octanol–water partition coefficient (Wildman–Crippen LogP) is -1.27. The van der Waals surface area contributed by atoms with Crippen molar-refractivity contribution < 1.29 is 13.2 Å². The van der Waals surface area contributed by atoms with Gasteiger partial charge >= 0.3 is 0 Å². The summed E-state index contributed by atoms with van der Waals surface area (Å²) in [5, 5.41) is 2.49. The van der Waals surface area contributed by atoms with Crippen LogP contribution in [0.2, 0.25) is 0 Å². The molecule has 0 aromatic rings. The number of amides is 1. The average Bonchev–Trinajstić information content (AvgIpc) is 2.25. The summed E-state index contributed by atoms with van der Waals surface area (Å²) in [7, 11) is -1.93. The van der Waals surface area contributed by atoms with Gasteiger partial charge in [-0.3, -0.25) is 4.79 Å². The van der Waals surface area contributed by atoms with Crippen LogP contribution in [0.5, 0.6) is 0 Å². The number of carbonyl (C=O) groups is 1. The minimum absolute atomic E-state index is 0.0783. The molecule has 4 N–H and O–H groups in total. The fraction of sp³-hybridized carbons (Fsp3) is 0.875. The molecule has 0 bridgehead atoms. The van der Waals surface area contributed by atoms with E-state index in [9.17, 15) is 13.2 Å². The second-order valence-corrected chi connectivity index (χ2v) is 6.23. The number of carbonyl (C=O) groups excluding carboxylic acids is 1. The van der Waals surface area contributed by atoms with Crippen LogP contribution in [0, 0.1) is 0 Å². The summed E-state index contributed by atoms with van der Waals surface area (Å²) >= 11 is 1.61. The van der Waals surface area contributed by atoms with Crippen molar-refractivity contribution in [3.05, 3.63) is 0 Å². The van der Waals surface area contributed by atoms with E-state index in [1.807, 2.05) is 6.26 Å². The Hall–Kier alpha value is -0.310. The molecular formula is C8H19N3O3S2. The van der Waals surface area contributed by atoms with Crippen LogP contribution in [0.25, 0.3) is 0 Å². The first-order valence-electron chi connectivity index (χ1n) is 4.86. The first-order valence-corrected chi connectivity index (χ1v) is 7.91. The Bertz CT molecular complexity index is 306. The van der Waals surface area contributed by atoms with Gasteiger partial charge in [0.2, 0.25) is 15.9 Å². The van der Waals surface area contributed by atoms with Crippen LogP contribution in [0.1, 0.15) is 6.42 Å². The van der Waals surface area contributed by atoms with E-state index < -0.39 is 16.1 Å². The molecule has 0 unspecified atom stereocenters. The second kappa shape index (κ2) is 7.88. The molecule has 0 aromatic carbocycles. The van der Waals surface area contributed by atoms with E-state index in [0.717, 1.165) is 5.75 Å². The van der Waals surface area contributed by atoms with Crippen LogP contribution in [-0.4, -0.2) is 51.7 Å². The SMILES string of the molecule is CNS(=O)(=O)CCNC(=O)[C@@H](N)CCSC. The molecular weight excluding hydrogens is 250 g/mol. The normalized spacial score (nSPS) is 13.4. The maximum atomic E-state index is 11.4. The molecule has 0 aliphatic carbocycles. The fourth-order valence-electron chi connectivity index (χ4n) is 0.918. The van der Waals surface area contributed by atoms with Crippen LogP contribution in [-0.2, 0) is 14.8 Å². The molecule has 0 rings (SSSR count). The standard InChI is InChI=1S/C8H19N3O3S2/c1-10-16(13,14)6-4-11-8(12)7(9)3-5-15-2/h7,10H,3-6,9H2,1-2H3,(H,11,12)/t7-/m0/s1. The number of hydrogen-bond acceptors (Lipinski definition) is 5. The average molecular weight is 269 g/mol. The molecule has 0 saturated heterocycles. The summed E-state index contributed by atoms with van der Waals surface area (Å²) < 4.78 is 24.2. The largest absolute Gasteiger partial charge is 0.354 e. The topological polar surface area (TPSA) is 101 Å². The quantitative estimate of drug-likeness (QED) is 0.510. The number of nitrogens with one attached hydrogen (secondary N) is 2. The number of sulfonamides is 1. The van der Waals surface area contributed by atoms with Crippen LogP contribution in [0.15, 0.2) is 0 Å². The van der Waals surface area contributed by atoms with E-state index in [1.54, 1.807) is 11.8 Å². The van der Waals surface area contributed by atoms with Gasteiger partial charge in [-0.1, -0.05) is 0 Å². The fourth-order valence-corrected chi connectivity index (χ4v) is 1.98. The number of hydrogen-bond donors (Lipinski definition) is 3. The van der Waals surface area contributed by atoms with E-state index in [-0.39, 0.29) is 18.2 Å². The maximum Gasteiger partial charge on any atom is 0.236 e. The van der Waals surface area contributed by atoms with Gasteiger partial charge in [-0.05, 0) is 25.5 Å². The lowest BCUT2D eigenvalue weighted by molar-refractivity contribution is -0.122. The van der Waals surface area contributed by atoms with E-state index in [0.29, 0.717) is 6.42 Å². The molecule has 6 nitrogen and oxygen atoms in total. The summed E-state index contributed by atoms with van der Waals surface area (Å²) in [6, 6.07) is -0.565. The van der Waals surface area contributed by atoms with E-state index in [1.165, 1.54) is 7.05 Å². The summed E-state index contributed by atoms with van der Waals surface area (Å²) in [5.74, 6) is 0.369. The second-order valence-electron chi connectivity index (χ2n) is 3.20. The molecule has 0 aromatic heterocycles. The molecule has 0 aliphatic rings. The first-order chi connectivity index (χ1) is 7.43. The minimum Gasteiger partial charge on any atom is -0.354 e. The van der Waals surface area contributed by atoms with Gasteiger partial charge in [-0.2, -0.15) is 11.8 Å². The van der Waals surface area contributed by atoms with Crippen LogP contribution in [0.4, 0.5) is 0 Å². The summed E-state index contributed by atoms with van der Waals surface area (Å²) in [4.78, 5) is 11.4. The zero-order chi connectivity index (χ0) is 12.6. The van der Waals surface area contributed by atoms with Crippen LogP contribution in [0.3, 0.4) is 0 Å². The van der Waals surface area contributed by atoms with Gasteiger partial charge in [-0.15, -0.1) is 0 Å². The molecule has 16 heavy (non-hydrogen) atoms. The zero-order valence-electron chi connectivity index (χ0n) is 9.52. The summed E-state index contributed by atoms with van der Waals surface area (Å²) in [5.41, 5.74) is 5.60. The lowest BCUT2D eigenvalue weighted by Gasteiger charge is -2.11. The Balaban J connectivity index is 3.81. The molecule has 96 valence electrons. The van der Waals surface area contributed by atoms with Crippen molar-refractivity contribution in [1.29, 1.82) is 0 Å². The summed E-state index contributed by atoms with van der Waals surface area (Å²) in [6.07, 6.45) is 2.52. The van der Waals surface area contributed by atoms with Gasteiger partial charge in [0.1, 0.15) is 0 Å². The monoisotopic (exact) mass is 269 g/mol. The minimum atomic E-state index is -3.27. The highest BCUT2D eigenvalue weighted by Gasteiger charge is 2.13. The van der Waals surface area contributed by atoms with Gasteiger partial charge in [0.25, 0.3) is 0 Å². The molecule has 0 fully saturated rings. The number of nitrogens with two attached hydrogens (primary N) is 1. The van der Waals surface area contributed by atoms with Crippen molar-refractivity contribution in [3.63, 3.8) is 0 Å². The molecule has 0 aliphatic heterocycles. The Morgan fingerprint density at radius 3 is 2.62 bits per heavy atom. The predicted molar refractivity (Wildman–Crippen MR) is 66.8 cm³/mol. The van der Waals surface area contributed by atoms with Crippen molar-refractivity contribution >= 4 is 27.7 Å². The zero-order valence-corrected chi connectivity index (χ0v) is 11.2. The summed E-state index contributed by atoms with van der Waals surface area (Å²) in [6.45, 7) is 0.0783. The van der Waals surface area contributed by atoms with Crippen LogP contribution < -0.4 is 15.8 Å². The molecule has 1 amide bonds. The van der Waals surface area contributed by atoms with Crippen LogP contribution >= 0.6 is 11.8 Å². The molecule has 0 spiro atoms. The Morgan fingerprint density at radius 2 is 2.12 bits per heavy atom. The number of thioether (sulfide) groups is 1. The smallest absolute Gasteiger partial charge is 0.236 e. The Morgan fingerprint density at radius 1 is 1.50 bits per heavy atom. The van der Waals surface area contributed by atoms with Crippen molar-refractivity contribution in [2.75, 3.05) is 31.4 Å². The molecule has 1 atom stereocenters. The van der Waals surface area contributed by atoms with Crippen molar-refractivity contribution in [3.8, 4) is 0 Å². The molecule has 0 radical (unpaired) electrons. The lowest BCUT2D eigenvalue weighted by Crippen LogP contribution is -2.43. The van der Waals surface area contributed by atoms with Gasteiger partial charge in [0.15, 0.2) is 0 Å². The highest BCUT2D eigenvalue weighted by atomic mass is 32.2. The van der Waals surface area contributed by atoms with Gasteiger partial charge in [0.05, 0.1) is 11.8 Å². The van der Waals surface area contributed by atoms with Gasteiger partial charge in [0, 0.05) is 6.54 Å². The molecule has 0 heterocycles. The van der Waals surface area contributed by atoms with Gasteiger partial charge < -0.3 is 11.1 Å². The highest BCUT2D eigenvalue weighted by molar-refractivity contribution is 7.98. The first kappa shape index (κ1) is 15.7. The van der Waals surface area contributed by atoms with Gasteiger partial charge in [-0.25, -0.2) is 13.1 Å². The third-order valence-corrected chi connectivity index (χ3v) is 3.96. The van der Waals surface area contributed by atoms with E-state index >= 15 is 0 Å².